The summed E-state index contributed by atoms with van der Waals surface area (Å²) in [5.74, 6) is 0.662. The van der Waals surface area contributed by atoms with Gasteiger partial charge in [-0.25, -0.2) is 0 Å². The number of amides is 1. The number of carbonyl (C=O) groups excluding carboxylic acids is 1. The number of piperidine rings is 1. The lowest BCUT2D eigenvalue weighted by atomic mass is 10.0. The quantitative estimate of drug-likeness (QED) is 0.757. The van der Waals surface area contributed by atoms with Crippen molar-refractivity contribution in [2.45, 2.75) is 58.3 Å². The Hall–Kier alpha value is -1.35. The van der Waals surface area contributed by atoms with E-state index in [1.807, 2.05) is 12.1 Å². The Bertz CT molecular complexity index is 447. The molecule has 0 spiro atoms. The molecule has 1 heterocycles. The molecule has 3 heteroatoms. The van der Waals surface area contributed by atoms with Crippen molar-refractivity contribution in [3.8, 4) is 0 Å². The zero-order chi connectivity index (χ0) is 15.8. The predicted octanol–water partition coefficient (Wildman–Crippen LogP) is 4.40. The lowest BCUT2D eigenvalue weighted by molar-refractivity contribution is -0.116. The molecule has 1 aliphatic heterocycles. The van der Waals surface area contributed by atoms with E-state index in [2.05, 4.69) is 36.2 Å². The van der Waals surface area contributed by atoms with E-state index in [0.717, 1.165) is 25.1 Å². The number of rotatable bonds is 7. The van der Waals surface area contributed by atoms with Gasteiger partial charge in [-0.15, -0.1) is 0 Å². The van der Waals surface area contributed by atoms with Crippen LogP contribution in [0.15, 0.2) is 24.3 Å². The molecule has 1 N–H and O–H groups in total. The normalized spacial score (nSPS) is 16.0. The summed E-state index contributed by atoms with van der Waals surface area (Å²) < 4.78 is 0. The third kappa shape index (κ3) is 5.80. The summed E-state index contributed by atoms with van der Waals surface area (Å²) in [6, 6.07) is 8.19. The standard InChI is InChI=1S/C19H30N2O/c1-16(2)17-9-11-18(12-10-17)20-19(22)8-4-7-15-21-13-5-3-6-14-21/h9-12,16H,3-8,13-15H2,1-2H3,(H,20,22). The number of unbranched alkanes of at least 4 members (excludes halogenated alkanes) is 1. The van der Waals surface area contributed by atoms with Crippen LogP contribution in [0.2, 0.25) is 0 Å². The highest BCUT2D eigenvalue weighted by Crippen LogP contribution is 2.17. The molecule has 0 aliphatic carbocycles. The van der Waals surface area contributed by atoms with Crippen LogP contribution in [0.4, 0.5) is 5.69 Å². The maximum Gasteiger partial charge on any atom is 0.224 e. The minimum atomic E-state index is 0.135. The zero-order valence-electron chi connectivity index (χ0n) is 14.1. The van der Waals surface area contributed by atoms with Gasteiger partial charge in [-0.3, -0.25) is 4.79 Å². The molecule has 1 aromatic rings. The van der Waals surface area contributed by atoms with Crippen molar-refractivity contribution in [1.29, 1.82) is 0 Å². The molecule has 1 amide bonds. The molecular formula is C19H30N2O. The van der Waals surface area contributed by atoms with Gasteiger partial charge in [0, 0.05) is 12.1 Å². The van der Waals surface area contributed by atoms with E-state index >= 15 is 0 Å². The molecule has 0 atom stereocenters. The monoisotopic (exact) mass is 302 g/mol. The summed E-state index contributed by atoms with van der Waals surface area (Å²) in [7, 11) is 0. The number of hydrogen-bond acceptors (Lipinski definition) is 2. The highest BCUT2D eigenvalue weighted by Gasteiger charge is 2.09. The van der Waals surface area contributed by atoms with E-state index in [1.165, 1.54) is 37.9 Å². The fraction of sp³-hybridized carbons (Fsp3) is 0.632. The smallest absolute Gasteiger partial charge is 0.224 e. The first-order valence-electron chi connectivity index (χ1n) is 8.77. The van der Waals surface area contributed by atoms with Crippen LogP contribution < -0.4 is 5.32 Å². The number of likely N-dealkylation sites (tertiary alicyclic amines) is 1. The Kier molecular flexibility index (Phi) is 6.91. The van der Waals surface area contributed by atoms with E-state index in [4.69, 9.17) is 0 Å². The van der Waals surface area contributed by atoms with E-state index < -0.39 is 0 Å². The minimum absolute atomic E-state index is 0.135. The molecule has 22 heavy (non-hydrogen) atoms. The molecule has 0 aromatic heterocycles. The van der Waals surface area contributed by atoms with Crippen LogP contribution in [0.3, 0.4) is 0 Å². The highest BCUT2D eigenvalue weighted by atomic mass is 16.1. The molecule has 0 bridgehead atoms. The van der Waals surface area contributed by atoms with Crippen molar-refractivity contribution in [3.63, 3.8) is 0 Å². The number of anilines is 1. The van der Waals surface area contributed by atoms with Gasteiger partial charge >= 0.3 is 0 Å². The molecular weight excluding hydrogens is 272 g/mol. The van der Waals surface area contributed by atoms with Crippen molar-refractivity contribution in [1.82, 2.24) is 4.90 Å². The lowest BCUT2D eigenvalue weighted by Crippen LogP contribution is -2.30. The number of nitrogens with one attached hydrogen (secondary N) is 1. The van der Waals surface area contributed by atoms with Crippen LogP contribution in [-0.2, 0) is 4.79 Å². The zero-order valence-corrected chi connectivity index (χ0v) is 14.1. The maximum atomic E-state index is 12.0. The number of carbonyl (C=O) groups is 1. The topological polar surface area (TPSA) is 32.3 Å². The molecule has 0 unspecified atom stereocenters. The number of benzene rings is 1. The summed E-state index contributed by atoms with van der Waals surface area (Å²) in [5, 5.41) is 2.99. The molecule has 3 nitrogen and oxygen atoms in total. The highest BCUT2D eigenvalue weighted by molar-refractivity contribution is 5.90. The minimum Gasteiger partial charge on any atom is -0.326 e. The van der Waals surface area contributed by atoms with Crippen LogP contribution in [-0.4, -0.2) is 30.4 Å². The summed E-state index contributed by atoms with van der Waals surface area (Å²) in [6.45, 7) is 7.99. The first kappa shape index (κ1) is 17.0. The second kappa shape index (κ2) is 8.94. The summed E-state index contributed by atoms with van der Waals surface area (Å²) >= 11 is 0. The largest absolute Gasteiger partial charge is 0.326 e. The summed E-state index contributed by atoms with van der Waals surface area (Å²) in [4.78, 5) is 14.5. The van der Waals surface area contributed by atoms with Gasteiger partial charge in [0.05, 0.1) is 0 Å². The first-order valence-corrected chi connectivity index (χ1v) is 8.77. The maximum absolute atomic E-state index is 12.0. The van der Waals surface area contributed by atoms with Crippen LogP contribution in [0.5, 0.6) is 0 Å². The second-order valence-electron chi connectivity index (χ2n) is 6.68. The third-order valence-electron chi connectivity index (χ3n) is 4.44. The molecule has 0 saturated carbocycles. The molecule has 0 radical (unpaired) electrons. The van der Waals surface area contributed by atoms with Crippen molar-refractivity contribution in [2.75, 3.05) is 25.0 Å². The second-order valence-corrected chi connectivity index (χ2v) is 6.68. The van der Waals surface area contributed by atoms with Gasteiger partial charge in [0.15, 0.2) is 0 Å². The number of nitrogens with zero attached hydrogens (tertiary/aromatic N) is 1. The molecule has 122 valence electrons. The number of hydrogen-bond donors (Lipinski definition) is 1. The van der Waals surface area contributed by atoms with Crippen molar-refractivity contribution in [2.24, 2.45) is 0 Å². The van der Waals surface area contributed by atoms with E-state index in [1.54, 1.807) is 0 Å². The van der Waals surface area contributed by atoms with Gasteiger partial charge in [0.1, 0.15) is 0 Å². The van der Waals surface area contributed by atoms with Gasteiger partial charge in [-0.2, -0.15) is 0 Å². The fourth-order valence-corrected chi connectivity index (χ4v) is 2.98. The van der Waals surface area contributed by atoms with Crippen LogP contribution in [0.1, 0.15) is 63.9 Å². The van der Waals surface area contributed by atoms with E-state index in [-0.39, 0.29) is 5.91 Å². The Labute approximate surface area is 135 Å². The predicted molar refractivity (Wildman–Crippen MR) is 93.3 cm³/mol. The Morgan fingerprint density at radius 3 is 2.41 bits per heavy atom. The van der Waals surface area contributed by atoms with E-state index in [0.29, 0.717) is 12.3 Å². The van der Waals surface area contributed by atoms with Gasteiger partial charge in [0.25, 0.3) is 0 Å². The van der Waals surface area contributed by atoms with Crippen LogP contribution in [0.25, 0.3) is 0 Å². The SMILES string of the molecule is CC(C)c1ccc(NC(=O)CCCCN2CCCCC2)cc1. The van der Waals surface area contributed by atoms with E-state index in [9.17, 15) is 4.79 Å². The fourth-order valence-electron chi connectivity index (χ4n) is 2.98. The van der Waals surface area contributed by atoms with Gasteiger partial charge in [-0.1, -0.05) is 32.4 Å². The van der Waals surface area contributed by atoms with Crippen molar-refractivity contribution < 1.29 is 4.79 Å². The van der Waals surface area contributed by atoms with Crippen LogP contribution >= 0.6 is 0 Å². The van der Waals surface area contributed by atoms with Gasteiger partial charge < -0.3 is 10.2 Å². The van der Waals surface area contributed by atoms with Crippen LogP contribution in [0, 0.1) is 0 Å². The molecule has 1 aliphatic rings. The molecule has 1 saturated heterocycles. The molecule has 1 fully saturated rings. The van der Waals surface area contributed by atoms with Crippen molar-refractivity contribution >= 4 is 11.6 Å². The van der Waals surface area contributed by atoms with Gasteiger partial charge in [-0.05, 0) is 68.9 Å². The Balaban J connectivity index is 1.62. The Morgan fingerprint density at radius 2 is 1.77 bits per heavy atom. The average Bonchev–Trinajstić information content (AvgIpc) is 2.53. The third-order valence-corrected chi connectivity index (χ3v) is 4.44. The lowest BCUT2D eigenvalue weighted by Gasteiger charge is -2.26. The van der Waals surface area contributed by atoms with Gasteiger partial charge in [0.2, 0.25) is 5.91 Å². The Morgan fingerprint density at radius 1 is 1.09 bits per heavy atom. The molecule has 2 rings (SSSR count). The first-order chi connectivity index (χ1) is 10.6. The average molecular weight is 302 g/mol. The summed E-state index contributed by atoms with van der Waals surface area (Å²) in [6.07, 6.45) is 6.79. The molecule has 1 aromatic carbocycles. The summed E-state index contributed by atoms with van der Waals surface area (Å²) in [5.41, 5.74) is 2.21. The van der Waals surface area contributed by atoms with Crippen molar-refractivity contribution in [3.05, 3.63) is 29.8 Å².